The van der Waals surface area contributed by atoms with Crippen LogP contribution >= 0.6 is 0 Å². The van der Waals surface area contributed by atoms with Crippen LogP contribution in [0.15, 0.2) is 18.2 Å². The molecule has 1 aromatic rings. The van der Waals surface area contributed by atoms with E-state index in [0.29, 0.717) is 0 Å². The van der Waals surface area contributed by atoms with E-state index in [1.54, 1.807) is 7.11 Å². The molecule has 0 atom stereocenters. The highest BCUT2D eigenvalue weighted by molar-refractivity contribution is 5.24. The maximum absolute atomic E-state index is 4.99. The van der Waals surface area contributed by atoms with E-state index in [9.17, 15) is 0 Å². The van der Waals surface area contributed by atoms with E-state index in [4.69, 9.17) is 4.74 Å². The van der Waals surface area contributed by atoms with Crippen LogP contribution in [0.3, 0.4) is 0 Å². The van der Waals surface area contributed by atoms with Crippen LogP contribution in [0.25, 0.3) is 0 Å². The summed E-state index contributed by atoms with van der Waals surface area (Å²) in [5, 5.41) is 0. The van der Waals surface area contributed by atoms with E-state index in [1.807, 2.05) is 12.1 Å². The molecule has 1 rings (SSSR count). The fraction of sp³-hybridized carbons (Fsp3) is 0.455. The maximum atomic E-state index is 4.99. The zero-order valence-corrected chi connectivity index (χ0v) is 7.76. The van der Waals surface area contributed by atoms with Crippen LogP contribution in [-0.2, 0) is 11.2 Å². The van der Waals surface area contributed by atoms with Gasteiger partial charge in [0.15, 0.2) is 0 Å². The number of ether oxygens (including phenoxy) is 1. The minimum absolute atomic E-state index is 0.835. The van der Waals surface area contributed by atoms with Gasteiger partial charge in [0.25, 0.3) is 0 Å². The van der Waals surface area contributed by atoms with Crippen LogP contribution in [0, 0.1) is 13.0 Å². The van der Waals surface area contributed by atoms with Gasteiger partial charge in [-0.15, -0.1) is 0 Å². The zero-order chi connectivity index (χ0) is 8.81. The second-order valence-electron chi connectivity index (χ2n) is 2.93. The van der Waals surface area contributed by atoms with E-state index >= 15 is 0 Å². The molecule has 1 heteroatoms. The van der Waals surface area contributed by atoms with E-state index in [0.717, 1.165) is 19.4 Å². The Morgan fingerprint density at radius 1 is 1.50 bits per heavy atom. The summed E-state index contributed by atoms with van der Waals surface area (Å²) in [6, 6.07) is 9.35. The molecule has 0 aliphatic rings. The van der Waals surface area contributed by atoms with Crippen molar-refractivity contribution in [3.8, 4) is 0 Å². The van der Waals surface area contributed by atoms with Crippen LogP contribution < -0.4 is 0 Å². The predicted octanol–water partition coefficient (Wildman–Crippen LogP) is 2.37. The van der Waals surface area contributed by atoms with Crippen molar-refractivity contribution >= 4 is 0 Å². The minimum Gasteiger partial charge on any atom is -0.385 e. The molecule has 0 aliphatic carbocycles. The fourth-order valence-electron chi connectivity index (χ4n) is 1.22. The average Bonchev–Trinajstić information content (AvgIpc) is 2.09. The molecule has 0 unspecified atom stereocenters. The third-order valence-corrected chi connectivity index (χ3v) is 1.95. The molecular formula is C11H15O. The standard InChI is InChI=1S/C11H15O/c1-10-6-3-4-7-11(10)8-5-9-12-2/h3-4,6H,5,8-9H2,1-2H3. The number of aryl methyl sites for hydroxylation is 2. The maximum Gasteiger partial charge on any atom is 0.0465 e. The van der Waals surface area contributed by atoms with E-state index in [1.165, 1.54) is 11.1 Å². The second-order valence-corrected chi connectivity index (χ2v) is 2.93. The van der Waals surface area contributed by atoms with Crippen molar-refractivity contribution < 1.29 is 4.74 Å². The Hall–Kier alpha value is -0.820. The van der Waals surface area contributed by atoms with E-state index in [2.05, 4.69) is 19.1 Å². The highest BCUT2D eigenvalue weighted by atomic mass is 16.5. The van der Waals surface area contributed by atoms with E-state index in [-0.39, 0.29) is 0 Å². The Bertz CT molecular complexity index is 230. The molecule has 0 aliphatic heterocycles. The van der Waals surface area contributed by atoms with Gasteiger partial charge in [-0.05, 0) is 37.0 Å². The number of rotatable bonds is 4. The molecule has 1 aromatic carbocycles. The lowest BCUT2D eigenvalue weighted by molar-refractivity contribution is 0.195. The van der Waals surface area contributed by atoms with Gasteiger partial charge in [-0.1, -0.05) is 18.2 Å². The fourth-order valence-corrected chi connectivity index (χ4v) is 1.22. The number of hydrogen-bond donors (Lipinski definition) is 0. The molecule has 12 heavy (non-hydrogen) atoms. The first-order chi connectivity index (χ1) is 5.84. The van der Waals surface area contributed by atoms with Gasteiger partial charge in [-0.2, -0.15) is 0 Å². The normalized spacial score (nSPS) is 10.2. The molecule has 0 spiro atoms. The van der Waals surface area contributed by atoms with Gasteiger partial charge in [-0.3, -0.25) is 0 Å². The Kier molecular flexibility index (Phi) is 3.81. The summed E-state index contributed by atoms with van der Waals surface area (Å²) in [6.45, 7) is 2.96. The summed E-state index contributed by atoms with van der Waals surface area (Å²) >= 11 is 0. The number of benzene rings is 1. The van der Waals surface area contributed by atoms with Gasteiger partial charge in [0.1, 0.15) is 0 Å². The molecule has 0 heterocycles. The van der Waals surface area contributed by atoms with Crippen LogP contribution in [0.5, 0.6) is 0 Å². The number of hydrogen-bond acceptors (Lipinski definition) is 1. The van der Waals surface area contributed by atoms with Crippen LogP contribution in [0.2, 0.25) is 0 Å². The van der Waals surface area contributed by atoms with Gasteiger partial charge in [0, 0.05) is 13.7 Å². The van der Waals surface area contributed by atoms with Crippen LogP contribution in [-0.4, -0.2) is 13.7 Å². The first-order valence-corrected chi connectivity index (χ1v) is 4.29. The number of methoxy groups -OCH3 is 1. The Morgan fingerprint density at radius 2 is 2.33 bits per heavy atom. The quantitative estimate of drug-likeness (QED) is 0.619. The van der Waals surface area contributed by atoms with Gasteiger partial charge in [-0.25, -0.2) is 0 Å². The largest absolute Gasteiger partial charge is 0.385 e. The Balaban J connectivity index is 2.46. The molecule has 65 valence electrons. The molecule has 0 bridgehead atoms. The third-order valence-electron chi connectivity index (χ3n) is 1.95. The van der Waals surface area contributed by atoms with Gasteiger partial charge >= 0.3 is 0 Å². The smallest absolute Gasteiger partial charge is 0.0465 e. The summed E-state index contributed by atoms with van der Waals surface area (Å²) in [5.41, 5.74) is 2.64. The van der Waals surface area contributed by atoms with Crippen molar-refractivity contribution in [3.05, 3.63) is 35.4 Å². The highest BCUT2D eigenvalue weighted by Crippen LogP contribution is 2.08. The molecule has 0 saturated heterocycles. The highest BCUT2D eigenvalue weighted by Gasteiger charge is 1.95. The lowest BCUT2D eigenvalue weighted by Gasteiger charge is -2.03. The van der Waals surface area contributed by atoms with Crippen LogP contribution in [0.1, 0.15) is 17.5 Å². The van der Waals surface area contributed by atoms with Gasteiger partial charge in [0.05, 0.1) is 0 Å². The summed E-state index contributed by atoms with van der Waals surface area (Å²) < 4.78 is 4.99. The molecule has 0 saturated carbocycles. The van der Waals surface area contributed by atoms with Crippen molar-refractivity contribution in [2.45, 2.75) is 19.8 Å². The molecule has 0 amide bonds. The summed E-state index contributed by atoms with van der Waals surface area (Å²) in [7, 11) is 1.74. The minimum atomic E-state index is 0.835. The zero-order valence-electron chi connectivity index (χ0n) is 7.76. The van der Waals surface area contributed by atoms with Gasteiger partial charge < -0.3 is 4.74 Å². The van der Waals surface area contributed by atoms with Crippen molar-refractivity contribution in [2.75, 3.05) is 13.7 Å². The lowest BCUT2D eigenvalue weighted by atomic mass is 10.0. The third kappa shape index (κ3) is 2.67. The molecule has 1 nitrogen and oxygen atoms in total. The monoisotopic (exact) mass is 163 g/mol. The van der Waals surface area contributed by atoms with Crippen molar-refractivity contribution in [1.29, 1.82) is 0 Å². The molecule has 0 aromatic heterocycles. The summed E-state index contributed by atoms with van der Waals surface area (Å²) in [5.74, 6) is 0. The molecule has 1 radical (unpaired) electrons. The molecule has 0 N–H and O–H groups in total. The van der Waals surface area contributed by atoms with E-state index < -0.39 is 0 Å². The Labute approximate surface area is 74.4 Å². The first-order valence-electron chi connectivity index (χ1n) is 4.29. The van der Waals surface area contributed by atoms with Crippen LogP contribution in [0.4, 0.5) is 0 Å². The lowest BCUT2D eigenvalue weighted by Crippen LogP contribution is -1.94. The van der Waals surface area contributed by atoms with Crippen molar-refractivity contribution in [1.82, 2.24) is 0 Å². The topological polar surface area (TPSA) is 9.23 Å². The predicted molar refractivity (Wildman–Crippen MR) is 50.2 cm³/mol. The summed E-state index contributed by atoms with van der Waals surface area (Å²) in [6.07, 6.45) is 2.15. The van der Waals surface area contributed by atoms with Gasteiger partial charge in [0.2, 0.25) is 0 Å². The second kappa shape index (κ2) is 4.94. The van der Waals surface area contributed by atoms with Crippen molar-refractivity contribution in [3.63, 3.8) is 0 Å². The molecular weight excluding hydrogens is 148 g/mol. The SMILES string of the molecule is COCCCc1[c]cccc1C. The molecule has 0 fully saturated rings. The Morgan fingerprint density at radius 3 is 3.00 bits per heavy atom. The average molecular weight is 163 g/mol. The summed E-state index contributed by atoms with van der Waals surface area (Å²) in [4.78, 5) is 0. The van der Waals surface area contributed by atoms with Crippen molar-refractivity contribution in [2.24, 2.45) is 0 Å². The first kappa shape index (κ1) is 9.27.